The summed E-state index contributed by atoms with van der Waals surface area (Å²) >= 11 is 7.48. The molecule has 0 radical (unpaired) electrons. The van der Waals surface area contributed by atoms with Gasteiger partial charge in [-0.05, 0) is 95.3 Å². The van der Waals surface area contributed by atoms with Crippen molar-refractivity contribution in [3.05, 3.63) is 121 Å². The van der Waals surface area contributed by atoms with Gasteiger partial charge in [-0.25, -0.2) is 9.59 Å². The monoisotopic (exact) mass is 942 g/mol. The molecular formula is C45H52Br2O12. The second kappa shape index (κ2) is 23.9. The van der Waals surface area contributed by atoms with E-state index >= 15 is 0 Å². The fourth-order valence-electron chi connectivity index (χ4n) is 7.01. The number of methoxy groups -OCH3 is 1. The van der Waals surface area contributed by atoms with Crippen molar-refractivity contribution in [1.82, 2.24) is 0 Å². The Labute approximate surface area is 362 Å². The number of aliphatic hydroxyl groups is 1. The van der Waals surface area contributed by atoms with Crippen LogP contribution < -0.4 is 4.74 Å². The molecule has 0 bridgehead atoms. The van der Waals surface area contributed by atoms with Gasteiger partial charge in [-0.3, -0.25) is 0 Å². The smallest absolute Gasteiger partial charge is 0.341 e. The molecule has 0 amide bonds. The lowest BCUT2D eigenvalue weighted by Crippen LogP contribution is -2.30. The highest BCUT2D eigenvalue weighted by molar-refractivity contribution is 9.10. The zero-order valence-corrected chi connectivity index (χ0v) is 36.9. The second-order valence-corrected chi connectivity index (χ2v) is 15.1. The zero-order valence-electron chi connectivity index (χ0n) is 33.7. The molecule has 59 heavy (non-hydrogen) atoms. The summed E-state index contributed by atoms with van der Waals surface area (Å²) < 4.78 is 52.0. The summed E-state index contributed by atoms with van der Waals surface area (Å²) in [6.45, 7) is 7.88. The van der Waals surface area contributed by atoms with Crippen LogP contribution in [-0.4, -0.2) is 117 Å². The summed E-state index contributed by atoms with van der Waals surface area (Å²) in [6, 6.07) is 23.7. The number of hydrogen-bond acceptors (Lipinski definition) is 12. The van der Waals surface area contributed by atoms with Crippen LogP contribution in [0.1, 0.15) is 62.4 Å². The Hall–Kier alpha value is -3.70. The molecule has 0 spiro atoms. The molecule has 4 aromatic carbocycles. The Morgan fingerprint density at radius 1 is 0.576 bits per heavy atom. The Balaban J connectivity index is 1.56. The predicted molar refractivity (Wildman–Crippen MR) is 228 cm³/mol. The molecule has 0 aromatic heterocycles. The molecular weight excluding hydrogens is 892 g/mol. The van der Waals surface area contributed by atoms with E-state index in [1.807, 2.05) is 42.5 Å². The van der Waals surface area contributed by atoms with Gasteiger partial charge < -0.3 is 47.7 Å². The highest BCUT2D eigenvalue weighted by atomic mass is 79.9. The molecule has 0 saturated heterocycles. The Morgan fingerprint density at radius 3 is 1.63 bits per heavy atom. The highest BCUT2D eigenvalue weighted by Gasteiger charge is 2.47. The van der Waals surface area contributed by atoms with Crippen LogP contribution in [0.4, 0.5) is 0 Å². The van der Waals surface area contributed by atoms with Crippen LogP contribution in [0.5, 0.6) is 5.75 Å². The van der Waals surface area contributed by atoms with Gasteiger partial charge in [0.05, 0.1) is 103 Å². The zero-order chi connectivity index (χ0) is 42.0. The molecule has 12 nitrogen and oxygen atoms in total. The van der Waals surface area contributed by atoms with Crippen LogP contribution in [0.15, 0.2) is 81.7 Å². The molecule has 0 saturated carbocycles. The van der Waals surface area contributed by atoms with Gasteiger partial charge in [0.15, 0.2) is 0 Å². The third kappa shape index (κ3) is 11.8. The first-order valence-corrected chi connectivity index (χ1v) is 21.2. The molecule has 0 heterocycles. The topological polar surface area (TPSA) is 137 Å². The first kappa shape index (κ1) is 46.4. The van der Waals surface area contributed by atoms with Crippen molar-refractivity contribution < 1.29 is 57.3 Å². The lowest BCUT2D eigenvalue weighted by Gasteiger charge is -2.35. The van der Waals surface area contributed by atoms with Crippen molar-refractivity contribution in [3.63, 3.8) is 0 Å². The second-order valence-electron chi connectivity index (χ2n) is 13.2. The molecule has 1 aliphatic rings. The normalized spacial score (nSPS) is 12.6. The molecule has 14 heteroatoms. The largest absolute Gasteiger partial charge is 0.490 e. The van der Waals surface area contributed by atoms with E-state index in [0.717, 1.165) is 42.3 Å². The lowest BCUT2D eigenvalue weighted by atomic mass is 9.67. The first-order chi connectivity index (χ1) is 28.8. The van der Waals surface area contributed by atoms with Crippen LogP contribution in [0.3, 0.4) is 0 Å². The molecule has 0 aliphatic heterocycles. The minimum Gasteiger partial charge on any atom is -0.490 e. The van der Waals surface area contributed by atoms with Gasteiger partial charge in [-0.1, -0.05) is 62.2 Å². The van der Waals surface area contributed by atoms with E-state index < -0.39 is 17.4 Å². The van der Waals surface area contributed by atoms with Crippen molar-refractivity contribution in [2.75, 3.05) is 99.6 Å². The number of aliphatic hydroxyl groups excluding tert-OH is 1. The van der Waals surface area contributed by atoms with Crippen LogP contribution in [0.25, 0.3) is 11.1 Å². The van der Waals surface area contributed by atoms with Crippen molar-refractivity contribution in [3.8, 4) is 16.9 Å². The summed E-state index contributed by atoms with van der Waals surface area (Å²) in [6.07, 6.45) is 0. The summed E-state index contributed by atoms with van der Waals surface area (Å²) in [5.74, 6) is -0.664. The standard InChI is InChI=1S/C45H52Br2O12/c1-4-57-43(49)38-26-32(7-6-31(38)30-56-23-22-54-19-18-52-15-14-48)45(40-28-34(46)9-11-36(40)37-12-10-35(47)29-41(37)45)33-8-13-42(39(27-33)44(50)58-5-2)59-25-24-55-21-20-53-17-16-51-3/h6-13,26-29,48H,4-5,14-25,30H2,1-3H3. The van der Waals surface area contributed by atoms with E-state index in [-0.39, 0.29) is 58.4 Å². The molecule has 0 fully saturated rings. The van der Waals surface area contributed by atoms with E-state index in [1.165, 1.54) is 0 Å². The van der Waals surface area contributed by atoms with E-state index in [0.29, 0.717) is 63.1 Å². The number of esters is 2. The third-order valence-corrected chi connectivity index (χ3v) is 10.5. The number of carbonyl (C=O) groups is 2. The molecule has 1 N–H and O–H groups in total. The Bertz CT molecular complexity index is 1850. The Kier molecular flexibility index (Phi) is 18.8. The van der Waals surface area contributed by atoms with E-state index in [1.54, 1.807) is 27.0 Å². The van der Waals surface area contributed by atoms with E-state index in [4.69, 9.17) is 47.7 Å². The summed E-state index contributed by atoms with van der Waals surface area (Å²) in [5.41, 5.74) is 5.66. The highest BCUT2D eigenvalue weighted by Crippen LogP contribution is 2.57. The maximum absolute atomic E-state index is 13.8. The minimum absolute atomic E-state index is 0.0416. The average Bonchev–Trinajstić information content (AvgIpc) is 3.51. The maximum atomic E-state index is 13.8. The van der Waals surface area contributed by atoms with Gasteiger partial charge in [0.1, 0.15) is 17.9 Å². The van der Waals surface area contributed by atoms with Crippen molar-refractivity contribution in [2.45, 2.75) is 25.9 Å². The number of ether oxygens (including phenoxy) is 9. The maximum Gasteiger partial charge on any atom is 0.341 e. The van der Waals surface area contributed by atoms with E-state index in [2.05, 4.69) is 56.1 Å². The number of fused-ring (bicyclic) bond motifs is 3. The minimum atomic E-state index is -1.03. The quantitative estimate of drug-likeness (QED) is 0.0434. The summed E-state index contributed by atoms with van der Waals surface area (Å²) in [7, 11) is 1.62. The molecule has 0 unspecified atom stereocenters. The fourth-order valence-corrected chi connectivity index (χ4v) is 7.73. The number of benzene rings is 4. The predicted octanol–water partition coefficient (Wildman–Crippen LogP) is 7.53. The van der Waals surface area contributed by atoms with Crippen molar-refractivity contribution in [1.29, 1.82) is 0 Å². The SMILES string of the molecule is CCOC(=O)c1cc(C2(c3ccc(OCCOCCOCCOC)c(C(=O)OCC)c3)c3cc(Br)ccc3-c3ccc(Br)cc32)ccc1COCCOCCOCCO. The lowest BCUT2D eigenvalue weighted by molar-refractivity contribution is 0.00429. The van der Waals surface area contributed by atoms with Gasteiger partial charge in [-0.2, -0.15) is 0 Å². The van der Waals surface area contributed by atoms with E-state index in [9.17, 15) is 9.59 Å². The van der Waals surface area contributed by atoms with Gasteiger partial charge in [-0.15, -0.1) is 0 Å². The third-order valence-electron chi connectivity index (χ3n) is 9.53. The number of carbonyl (C=O) groups excluding carboxylic acids is 2. The van der Waals surface area contributed by atoms with Crippen molar-refractivity contribution in [2.24, 2.45) is 0 Å². The van der Waals surface area contributed by atoms with Crippen LogP contribution in [-0.2, 0) is 49.9 Å². The fraction of sp³-hybridized carbons (Fsp3) is 0.422. The van der Waals surface area contributed by atoms with Crippen molar-refractivity contribution >= 4 is 43.8 Å². The Morgan fingerprint density at radius 2 is 1.07 bits per heavy atom. The van der Waals surface area contributed by atoms with Crippen LogP contribution in [0.2, 0.25) is 0 Å². The summed E-state index contributed by atoms with van der Waals surface area (Å²) in [4.78, 5) is 27.5. The average molecular weight is 945 g/mol. The van der Waals surface area contributed by atoms with Crippen LogP contribution >= 0.6 is 31.9 Å². The van der Waals surface area contributed by atoms with Gasteiger partial charge in [0, 0.05) is 16.1 Å². The van der Waals surface area contributed by atoms with Gasteiger partial charge >= 0.3 is 11.9 Å². The number of halogens is 2. The molecule has 318 valence electrons. The van der Waals surface area contributed by atoms with Crippen LogP contribution in [0, 0.1) is 0 Å². The van der Waals surface area contributed by atoms with Gasteiger partial charge in [0.2, 0.25) is 0 Å². The van der Waals surface area contributed by atoms with Gasteiger partial charge in [0.25, 0.3) is 0 Å². The summed E-state index contributed by atoms with van der Waals surface area (Å²) in [5, 5.41) is 8.88. The number of hydrogen-bond donors (Lipinski definition) is 1. The molecule has 5 rings (SSSR count). The molecule has 0 atom stereocenters. The molecule has 4 aromatic rings. The first-order valence-electron chi connectivity index (χ1n) is 19.6. The molecule has 1 aliphatic carbocycles. The number of rotatable bonds is 26.